The molecular weight excluding hydrogens is 376 g/mol. The van der Waals surface area contributed by atoms with E-state index in [4.69, 9.17) is 4.74 Å². The first kappa shape index (κ1) is 16.1. The SMILES string of the molecule is CCOC(=O)c1cnn2ccc(NC(=O)c3cncc(Br)c3)cc12. The lowest BCUT2D eigenvalue weighted by Crippen LogP contribution is -2.12. The summed E-state index contributed by atoms with van der Waals surface area (Å²) in [5, 5.41) is 6.87. The smallest absolute Gasteiger partial charge is 0.341 e. The van der Waals surface area contributed by atoms with Crippen LogP contribution in [-0.2, 0) is 4.74 Å². The molecule has 0 aliphatic carbocycles. The number of esters is 1. The molecule has 0 spiro atoms. The van der Waals surface area contributed by atoms with Gasteiger partial charge in [0.2, 0.25) is 0 Å². The third kappa shape index (κ3) is 3.28. The Kier molecular flexibility index (Phi) is 4.57. The van der Waals surface area contributed by atoms with Crippen LogP contribution in [0.4, 0.5) is 5.69 Å². The maximum atomic E-state index is 12.3. The number of carbonyl (C=O) groups excluding carboxylic acids is 2. The number of fused-ring (bicyclic) bond motifs is 1. The molecule has 3 heterocycles. The van der Waals surface area contributed by atoms with Crippen molar-refractivity contribution in [1.82, 2.24) is 14.6 Å². The van der Waals surface area contributed by atoms with E-state index < -0.39 is 5.97 Å². The lowest BCUT2D eigenvalue weighted by molar-refractivity contribution is 0.0528. The zero-order valence-corrected chi connectivity index (χ0v) is 14.3. The molecule has 3 rings (SSSR count). The molecule has 3 aromatic rings. The first-order valence-corrected chi connectivity index (χ1v) is 7.94. The van der Waals surface area contributed by atoms with Crippen molar-refractivity contribution in [2.24, 2.45) is 0 Å². The Morgan fingerprint density at radius 3 is 2.88 bits per heavy atom. The number of nitrogens with one attached hydrogen (secondary N) is 1. The monoisotopic (exact) mass is 388 g/mol. The topological polar surface area (TPSA) is 85.6 Å². The van der Waals surface area contributed by atoms with Crippen LogP contribution in [0.1, 0.15) is 27.6 Å². The van der Waals surface area contributed by atoms with Crippen molar-refractivity contribution in [1.29, 1.82) is 0 Å². The van der Waals surface area contributed by atoms with E-state index in [1.165, 1.54) is 12.4 Å². The first-order chi connectivity index (χ1) is 11.6. The van der Waals surface area contributed by atoms with E-state index in [2.05, 4.69) is 31.3 Å². The highest BCUT2D eigenvalue weighted by atomic mass is 79.9. The number of amides is 1. The van der Waals surface area contributed by atoms with Crippen LogP contribution < -0.4 is 5.32 Å². The largest absolute Gasteiger partial charge is 0.462 e. The fraction of sp³-hybridized carbons (Fsp3) is 0.125. The van der Waals surface area contributed by atoms with E-state index in [-0.39, 0.29) is 12.5 Å². The standard InChI is InChI=1S/C16H13BrN4O3/c1-2-24-16(23)13-9-19-21-4-3-12(6-14(13)21)20-15(22)10-5-11(17)8-18-7-10/h3-9H,2H2,1H3,(H,20,22). The molecule has 0 bridgehead atoms. The third-order valence-electron chi connectivity index (χ3n) is 3.24. The van der Waals surface area contributed by atoms with Gasteiger partial charge >= 0.3 is 5.97 Å². The summed E-state index contributed by atoms with van der Waals surface area (Å²) >= 11 is 3.28. The van der Waals surface area contributed by atoms with E-state index in [0.717, 1.165) is 0 Å². The first-order valence-electron chi connectivity index (χ1n) is 7.15. The summed E-state index contributed by atoms with van der Waals surface area (Å²) in [7, 11) is 0. The van der Waals surface area contributed by atoms with Gasteiger partial charge < -0.3 is 10.1 Å². The summed E-state index contributed by atoms with van der Waals surface area (Å²) < 4.78 is 7.26. The Balaban J connectivity index is 1.89. The highest BCUT2D eigenvalue weighted by Crippen LogP contribution is 2.18. The molecule has 1 N–H and O–H groups in total. The fourth-order valence-electron chi connectivity index (χ4n) is 2.16. The van der Waals surface area contributed by atoms with Crippen molar-refractivity contribution in [3.63, 3.8) is 0 Å². The predicted molar refractivity (Wildman–Crippen MR) is 91.0 cm³/mol. The molecule has 1 amide bonds. The van der Waals surface area contributed by atoms with Gasteiger partial charge in [-0.25, -0.2) is 9.31 Å². The van der Waals surface area contributed by atoms with Crippen LogP contribution in [0.2, 0.25) is 0 Å². The molecule has 0 unspecified atom stereocenters. The minimum absolute atomic E-state index is 0.280. The molecule has 0 saturated heterocycles. The number of ether oxygens (including phenoxy) is 1. The second kappa shape index (κ2) is 6.79. The Morgan fingerprint density at radius 1 is 1.29 bits per heavy atom. The third-order valence-corrected chi connectivity index (χ3v) is 3.68. The van der Waals surface area contributed by atoms with Crippen molar-refractivity contribution in [2.75, 3.05) is 11.9 Å². The summed E-state index contributed by atoms with van der Waals surface area (Å²) in [6.07, 6.45) is 6.17. The van der Waals surface area contributed by atoms with Crippen molar-refractivity contribution < 1.29 is 14.3 Å². The molecule has 7 nitrogen and oxygen atoms in total. The van der Waals surface area contributed by atoms with Crippen molar-refractivity contribution in [3.05, 3.63) is 58.6 Å². The molecule has 0 aliphatic rings. The van der Waals surface area contributed by atoms with Gasteiger partial charge in [0.1, 0.15) is 5.56 Å². The molecular formula is C16H13BrN4O3. The van der Waals surface area contributed by atoms with E-state index in [1.807, 2.05) is 0 Å². The Bertz CT molecular complexity index is 923. The molecule has 3 aromatic heterocycles. The van der Waals surface area contributed by atoms with Gasteiger partial charge in [-0.1, -0.05) is 0 Å². The van der Waals surface area contributed by atoms with Crippen molar-refractivity contribution in [3.8, 4) is 0 Å². The highest BCUT2D eigenvalue weighted by Gasteiger charge is 2.15. The van der Waals surface area contributed by atoms with Gasteiger partial charge in [-0.2, -0.15) is 5.10 Å². The van der Waals surface area contributed by atoms with Gasteiger partial charge in [0, 0.05) is 28.8 Å². The maximum absolute atomic E-state index is 12.3. The molecule has 8 heteroatoms. The highest BCUT2D eigenvalue weighted by molar-refractivity contribution is 9.10. The summed E-state index contributed by atoms with van der Waals surface area (Å²) in [5.41, 5.74) is 1.86. The molecule has 122 valence electrons. The minimum Gasteiger partial charge on any atom is -0.462 e. The molecule has 0 fully saturated rings. The van der Waals surface area contributed by atoms with Crippen LogP contribution in [0.25, 0.3) is 5.52 Å². The number of carbonyl (C=O) groups is 2. The summed E-state index contributed by atoms with van der Waals surface area (Å²) in [4.78, 5) is 28.2. The molecule has 0 aromatic carbocycles. The second-order valence-corrected chi connectivity index (χ2v) is 5.79. The maximum Gasteiger partial charge on any atom is 0.341 e. The molecule has 0 aliphatic heterocycles. The van der Waals surface area contributed by atoms with Gasteiger partial charge in [0.15, 0.2) is 0 Å². The number of hydrogen-bond acceptors (Lipinski definition) is 5. The van der Waals surface area contributed by atoms with E-state index >= 15 is 0 Å². The van der Waals surface area contributed by atoms with Crippen LogP contribution >= 0.6 is 15.9 Å². The Morgan fingerprint density at radius 2 is 2.12 bits per heavy atom. The summed E-state index contributed by atoms with van der Waals surface area (Å²) in [6.45, 7) is 2.02. The van der Waals surface area contributed by atoms with Crippen LogP contribution in [0, 0.1) is 0 Å². The van der Waals surface area contributed by atoms with E-state index in [0.29, 0.717) is 26.8 Å². The summed E-state index contributed by atoms with van der Waals surface area (Å²) in [5.74, 6) is -0.752. The fourth-order valence-corrected chi connectivity index (χ4v) is 2.53. The molecule has 0 saturated carbocycles. The minimum atomic E-state index is -0.452. The van der Waals surface area contributed by atoms with Gasteiger partial charge in [-0.3, -0.25) is 9.78 Å². The Labute approximate surface area is 145 Å². The van der Waals surface area contributed by atoms with Gasteiger partial charge in [0.05, 0.1) is 23.9 Å². The van der Waals surface area contributed by atoms with Gasteiger partial charge in [-0.15, -0.1) is 0 Å². The van der Waals surface area contributed by atoms with Crippen LogP contribution in [0.3, 0.4) is 0 Å². The van der Waals surface area contributed by atoms with Crippen LogP contribution in [0.5, 0.6) is 0 Å². The number of nitrogens with zero attached hydrogens (tertiary/aromatic N) is 3. The lowest BCUT2D eigenvalue weighted by Gasteiger charge is -2.06. The number of rotatable bonds is 4. The average molecular weight is 389 g/mol. The predicted octanol–water partition coefficient (Wildman–Crippen LogP) is 2.92. The molecule has 0 atom stereocenters. The van der Waals surface area contributed by atoms with Crippen LogP contribution in [-0.4, -0.2) is 33.1 Å². The summed E-state index contributed by atoms with van der Waals surface area (Å²) in [6, 6.07) is 5.03. The zero-order valence-electron chi connectivity index (χ0n) is 12.7. The second-order valence-electron chi connectivity index (χ2n) is 4.87. The van der Waals surface area contributed by atoms with Gasteiger partial charge in [-0.05, 0) is 41.1 Å². The zero-order chi connectivity index (χ0) is 17.1. The van der Waals surface area contributed by atoms with Gasteiger partial charge in [0.25, 0.3) is 5.91 Å². The average Bonchev–Trinajstić information content (AvgIpc) is 2.98. The van der Waals surface area contributed by atoms with Crippen LogP contribution in [0.15, 0.2) is 47.5 Å². The lowest BCUT2D eigenvalue weighted by atomic mass is 10.2. The van der Waals surface area contributed by atoms with E-state index in [1.54, 1.807) is 42.0 Å². The molecule has 24 heavy (non-hydrogen) atoms. The number of halogens is 1. The number of aromatic nitrogens is 3. The van der Waals surface area contributed by atoms with E-state index in [9.17, 15) is 9.59 Å². The normalized spacial score (nSPS) is 10.6. The number of hydrogen-bond donors (Lipinski definition) is 1. The number of anilines is 1. The quantitative estimate of drug-likeness (QED) is 0.694. The molecule has 0 radical (unpaired) electrons. The Hall–Kier alpha value is -2.74. The van der Waals surface area contributed by atoms with Crippen molar-refractivity contribution in [2.45, 2.75) is 6.92 Å². The van der Waals surface area contributed by atoms with Crippen molar-refractivity contribution >= 4 is 39.0 Å². The number of pyridine rings is 2.